The van der Waals surface area contributed by atoms with Crippen LogP contribution in [-0.4, -0.2) is 50.6 Å². The van der Waals surface area contributed by atoms with Crippen LogP contribution < -0.4 is 10.6 Å². The minimum Gasteiger partial charge on any atom is -0.353 e. The van der Waals surface area contributed by atoms with Crippen LogP contribution in [0.5, 0.6) is 0 Å². The molecule has 2 aliphatic rings. The molecule has 0 bridgehead atoms. The SMILES string of the molecule is CN(C)C(CNC(=O)CNCC1CC1)C1CCCCC1. The molecule has 0 heterocycles. The summed E-state index contributed by atoms with van der Waals surface area (Å²) in [5.41, 5.74) is 0. The molecule has 2 saturated carbocycles. The molecule has 0 saturated heterocycles. The van der Waals surface area contributed by atoms with Gasteiger partial charge in [0.2, 0.25) is 5.91 Å². The van der Waals surface area contributed by atoms with Crippen LogP contribution in [0.15, 0.2) is 0 Å². The van der Waals surface area contributed by atoms with Crippen molar-refractivity contribution in [2.24, 2.45) is 11.8 Å². The molecular formula is C16H31N3O. The maximum atomic E-state index is 11.9. The molecule has 4 nitrogen and oxygen atoms in total. The zero-order chi connectivity index (χ0) is 14.4. The van der Waals surface area contributed by atoms with Crippen molar-refractivity contribution >= 4 is 5.91 Å². The quantitative estimate of drug-likeness (QED) is 0.710. The molecule has 20 heavy (non-hydrogen) atoms. The largest absolute Gasteiger partial charge is 0.353 e. The zero-order valence-corrected chi connectivity index (χ0v) is 13.2. The van der Waals surface area contributed by atoms with Crippen LogP contribution in [0.25, 0.3) is 0 Å². The molecule has 0 aromatic heterocycles. The topological polar surface area (TPSA) is 44.4 Å². The van der Waals surface area contributed by atoms with Crippen LogP contribution in [0.2, 0.25) is 0 Å². The van der Waals surface area contributed by atoms with E-state index < -0.39 is 0 Å². The molecule has 0 aromatic carbocycles. The molecule has 2 rings (SSSR count). The highest BCUT2D eigenvalue weighted by atomic mass is 16.1. The van der Waals surface area contributed by atoms with Gasteiger partial charge < -0.3 is 15.5 Å². The highest BCUT2D eigenvalue weighted by molar-refractivity contribution is 5.78. The average Bonchev–Trinajstić information content (AvgIpc) is 3.24. The third-order valence-electron chi connectivity index (χ3n) is 4.78. The van der Waals surface area contributed by atoms with E-state index in [0.717, 1.165) is 24.9 Å². The summed E-state index contributed by atoms with van der Waals surface area (Å²) in [5, 5.41) is 6.37. The third-order valence-corrected chi connectivity index (χ3v) is 4.78. The Kier molecular flexibility index (Phi) is 6.30. The number of rotatable bonds is 8. The fourth-order valence-electron chi connectivity index (χ4n) is 3.28. The summed E-state index contributed by atoms with van der Waals surface area (Å²) in [6.07, 6.45) is 9.39. The molecule has 0 radical (unpaired) electrons. The number of carbonyl (C=O) groups excluding carboxylic acids is 1. The van der Waals surface area contributed by atoms with Gasteiger partial charge in [-0.3, -0.25) is 4.79 Å². The van der Waals surface area contributed by atoms with E-state index in [2.05, 4.69) is 29.6 Å². The van der Waals surface area contributed by atoms with Gasteiger partial charge >= 0.3 is 0 Å². The van der Waals surface area contributed by atoms with Crippen molar-refractivity contribution in [2.45, 2.75) is 51.0 Å². The molecular weight excluding hydrogens is 250 g/mol. The van der Waals surface area contributed by atoms with Crippen LogP contribution in [-0.2, 0) is 4.79 Å². The summed E-state index contributed by atoms with van der Waals surface area (Å²) < 4.78 is 0. The van der Waals surface area contributed by atoms with Crippen LogP contribution in [0.1, 0.15) is 44.9 Å². The maximum absolute atomic E-state index is 11.9. The number of nitrogens with one attached hydrogen (secondary N) is 2. The van der Waals surface area contributed by atoms with Gasteiger partial charge in [0, 0.05) is 12.6 Å². The molecule has 1 atom stereocenters. The first-order chi connectivity index (χ1) is 9.66. The Bertz CT molecular complexity index is 296. The summed E-state index contributed by atoms with van der Waals surface area (Å²) in [6.45, 7) is 2.27. The molecule has 0 aromatic rings. The fraction of sp³-hybridized carbons (Fsp3) is 0.938. The fourth-order valence-corrected chi connectivity index (χ4v) is 3.28. The van der Waals surface area contributed by atoms with Crippen molar-refractivity contribution < 1.29 is 4.79 Å². The van der Waals surface area contributed by atoms with Gasteiger partial charge in [0.15, 0.2) is 0 Å². The van der Waals surface area contributed by atoms with E-state index in [-0.39, 0.29) is 5.91 Å². The number of nitrogens with zero attached hydrogens (tertiary/aromatic N) is 1. The van der Waals surface area contributed by atoms with Crippen molar-refractivity contribution in [2.75, 3.05) is 33.7 Å². The number of hydrogen-bond donors (Lipinski definition) is 2. The van der Waals surface area contributed by atoms with Gasteiger partial charge in [-0.1, -0.05) is 19.3 Å². The highest BCUT2D eigenvalue weighted by Crippen LogP contribution is 2.28. The molecule has 2 aliphatic carbocycles. The Morgan fingerprint density at radius 3 is 2.45 bits per heavy atom. The van der Waals surface area contributed by atoms with Gasteiger partial charge in [0.1, 0.15) is 0 Å². The van der Waals surface area contributed by atoms with E-state index in [4.69, 9.17) is 0 Å². The van der Waals surface area contributed by atoms with Crippen molar-refractivity contribution in [1.82, 2.24) is 15.5 Å². The van der Waals surface area contributed by atoms with Gasteiger partial charge in [0.05, 0.1) is 6.54 Å². The van der Waals surface area contributed by atoms with Gasteiger partial charge in [0.25, 0.3) is 0 Å². The van der Waals surface area contributed by atoms with E-state index in [1.807, 2.05) is 0 Å². The van der Waals surface area contributed by atoms with Crippen molar-refractivity contribution in [3.63, 3.8) is 0 Å². The Morgan fingerprint density at radius 1 is 1.15 bits per heavy atom. The predicted octanol–water partition coefficient (Wildman–Crippen LogP) is 1.61. The van der Waals surface area contributed by atoms with Crippen molar-refractivity contribution in [3.8, 4) is 0 Å². The first-order valence-corrected chi connectivity index (χ1v) is 8.30. The second kappa shape index (κ2) is 7.99. The second-order valence-corrected chi connectivity index (χ2v) is 6.81. The lowest BCUT2D eigenvalue weighted by atomic mass is 9.83. The molecule has 1 unspecified atom stereocenters. The standard InChI is InChI=1S/C16H31N3O/c1-19(2)15(14-6-4-3-5-7-14)11-18-16(20)12-17-10-13-8-9-13/h13-15,17H,3-12H2,1-2H3,(H,18,20). The van der Waals surface area contributed by atoms with Crippen molar-refractivity contribution in [3.05, 3.63) is 0 Å². The minimum absolute atomic E-state index is 0.147. The molecule has 4 heteroatoms. The lowest BCUT2D eigenvalue weighted by Crippen LogP contribution is -2.47. The number of hydrogen-bond acceptors (Lipinski definition) is 3. The predicted molar refractivity (Wildman–Crippen MR) is 82.7 cm³/mol. The molecule has 0 aliphatic heterocycles. The number of amides is 1. The molecule has 2 fully saturated rings. The second-order valence-electron chi connectivity index (χ2n) is 6.81. The van der Waals surface area contributed by atoms with Crippen LogP contribution in [0, 0.1) is 11.8 Å². The lowest BCUT2D eigenvalue weighted by Gasteiger charge is -2.35. The Balaban J connectivity index is 1.65. The van der Waals surface area contributed by atoms with Gasteiger partial charge in [-0.25, -0.2) is 0 Å². The third kappa shape index (κ3) is 5.41. The van der Waals surface area contributed by atoms with Crippen LogP contribution >= 0.6 is 0 Å². The Hall–Kier alpha value is -0.610. The summed E-state index contributed by atoms with van der Waals surface area (Å²) in [5.74, 6) is 1.73. The minimum atomic E-state index is 0.147. The monoisotopic (exact) mass is 281 g/mol. The molecule has 116 valence electrons. The van der Waals surface area contributed by atoms with E-state index in [1.165, 1.54) is 44.9 Å². The molecule has 0 spiro atoms. The summed E-state index contributed by atoms with van der Waals surface area (Å²) >= 11 is 0. The lowest BCUT2D eigenvalue weighted by molar-refractivity contribution is -0.120. The van der Waals surface area contributed by atoms with E-state index in [1.54, 1.807) is 0 Å². The normalized spacial score (nSPS) is 21.9. The molecule has 2 N–H and O–H groups in total. The molecule has 1 amide bonds. The zero-order valence-electron chi connectivity index (χ0n) is 13.2. The Labute approximate surface area is 123 Å². The summed E-state index contributed by atoms with van der Waals surface area (Å²) in [4.78, 5) is 14.1. The number of carbonyl (C=O) groups is 1. The van der Waals surface area contributed by atoms with Gasteiger partial charge in [-0.15, -0.1) is 0 Å². The summed E-state index contributed by atoms with van der Waals surface area (Å²) in [7, 11) is 4.27. The van der Waals surface area contributed by atoms with Gasteiger partial charge in [-0.05, 0) is 58.2 Å². The van der Waals surface area contributed by atoms with Crippen LogP contribution in [0.3, 0.4) is 0 Å². The maximum Gasteiger partial charge on any atom is 0.234 e. The number of likely N-dealkylation sites (N-methyl/N-ethyl adjacent to an activating group) is 1. The Morgan fingerprint density at radius 2 is 1.85 bits per heavy atom. The van der Waals surface area contributed by atoms with E-state index >= 15 is 0 Å². The summed E-state index contributed by atoms with van der Waals surface area (Å²) in [6, 6.07) is 0.489. The first kappa shape index (κ1) is 15.8. The highest BCUT2D eigenvalue weighted by Gasteiger charge is 2.25. The van der Waals surface area contributed by atoms with E-state index in [9.17, 15) is 4.79 Å². The van der Waals surface area contributed by atoms with E-state index in [0.29, 0.717) is 12.6 Å². The van der Waals surface area contributed by atoms with Crippen molar-refractivity contribution in [1.29, 1.82) is 0 Å². The first-order valence-electron chi connectivity index (χ1n) is 8.30. The van der Waals surface area contributed by atoms with Gasteiger partial charge in [-0.2, -0.15) is 0 Å². The van der Waals surface area contributed by atoms with Crippen LogP contribution in [0.4, 0.5) is 0 Å². The average molecular weight is 281 g/mol. The smallest absolute Gasteiger partial charge is 0.234 e.